The van der Waals surface area contributed by atoms with Crippen LogP contribution in [0.25, 0.3) is 0 Å². The first-order chi connectivity index (χ1) is 12.1. The van der Waals surface area contributed by atoms with Crippen molar-refractivity contribution in [2.75, 3.05) is 19.6 Å². The first kappa shape index (κ1) is 18.2. The molecule has 1 aliphatic carbocycles. The fraction of sp³-hybridized carbons (Fsp3) is 0.667. The molecule has 2 fully saturated rings. The molecule has 1 aromatic rings. The van der Waals surface area contributed by atoms with Gasteiger partial charge in [-0.05, 0) is 76.6 Å². The molecule has 2 atom stereocenters. The van der Waals surface area contributed by atoms with Gasteiger partial charge in [0.15, 0.2) is 0 Å². The Balaban J connectivity index is 1.38. The Morgan fingerprint density at radius 2 is 2.00 bits per heavy atom. The third kappa shape index (κ3) is 4.75. The molecule has 4 heteroatoms. The van der Waals surface area contributed by atoms with E-state index in [2.05, 4.69) is 10.2 Å². The van der Waals surface area contributed by atoms with Gasteiger partial charge in [0, 0.05) is 12.6 Å². The number of piperidine rings is 1. The molecule has 1 aliphatic heterocycles. The van der Waals surface area contributed by atoms with E-state index in [1.54, 1.807) is 12.1 Å². The summed E-state index contributed by atoms with van der Waals surface area (Å²) in [5.41, 5.74) is 1.36. The number of aryl methyl sites for hydroxylation is 1. The molecular formula is C21H32N2O2. The number of nitrogens with one attached hydrogen (secondary N) is 1. The van der Waals surface area contributed by atoms with Crippen molar-refractivity contribution in [3.05, 3.63) is 29.3 Å². The van der Waals surface area contributed by atoms with E-state index in [1.807, 2.05) is 13.0 Å². The molecule has 1 aromatic carbocycles. The molecule has 138 valence electrons. The smallest absolute Gasteiger partial charge is 0.255 e. The summed E-state index contributed by atoms with van der Waals surface area (Å²) in [6, 6.07) is 5.95. The lowest BCUT2D eigenvalue weighted by molar-refractivity contribution is 0.0596. The first-order valence-corrected chi connectivity index (χ1v) is 9.97. The number of hydrogen-bond acceptors (Lipinski definition) is 3. The van der Waals surface area contributed by atoms with Crippen LogP contribution in [0.2, 0.25) is 0 Å². The summed E-state index contributed by atoms with van der Waals surface area (Å²) < 4.78 is 0. The molecule has 2 aliphatic rings. The van der Waals surface area contributed by atoms with E-state index in [1.165, 1.54) is 45.1 Å². The maximum absolute atomic E-state index is 12.2. The Labute approximate surface area is 151 Å². The zero-order valence-corrected chi connectivity index (χ0v) is 15.5. The minimum atomic E-state index is -0.175. The van der Waals surface area contributed by atoms with Gasteiger partial charge in [-0.3, -0.25) is 4.79 Å². The number of likely N-dealkylation sites (tertiary alicyclic amines) is 1. The van der Waals surface area contributed by atoms with Crippen LogP contribution in [-0.2, 0) is 0 Å². The van der Waals surface area contributed by atoms with Gasteiger partial charge < -0.3 is 15.3 Å². The number of carbonyl (C=O) groups is 1. The molecule has 3 rings (SSSR count). The predicted octanol–water partition coefficient (Wildman–Crippen LogP) is 3.87. The summed E-state index contributed by atoms with van der Waals surface area (Å²) in [5, 5.41) is 12.8. The molecule has 0 bridgehead atoms. The second kappa shape index (κ2) is 8.70. The Morgan fingerprint density at radius 1 is 1.20 bits per heavy atom. The fourth-order valence-electron chi connectivity index (χ4n) is 4.57. The van der Waals surface area contributed by atoms with Crippen LogP contribution >= 0.6 is 0 Å². The highest BCUT2D eigenvalue weighted by Gasteiger charge is 2.32. The van der Waals surface area contributed by atoms with Crippen molar-refractivity contribution in [3.8, 4) is 5.75 Å². The summed E-state index contributed by atoms with van der Waals surface area (Å²) in [7, 11) is 0. The molecular weight excluding hydrogens is 312 g/mol. The van der Waals surface area contributed by atoms with Gasteiger partial charge in [-0.1, -0.05) is 24.5 Å². The minimum Gasteiger partial charge on any atom is -0.507 e. The topological polar surface area (TPSA) is 52.6 Å². The summed E-state index contributed by atoms with van der Waals surface area (Å²) in [6.07, 6.45) is 10.5. The first-order valence-electron chi connectivity index (χ1n) is 9.97. The zero-order valence-electron chi connectivity index (χ0n) is 15.5. The largest absolute Gasteiger partial charge is 0.507 e. The van der Waals surface area contributed by atoms with E-state index >= 15 is 0 Å². The van der Waals surface area contributed by atoms with Gasteiger partial charge in [0.05, 0.1) is 5.56 Å². The van der Waals surface area contributed by atoms with E-state index in [4.69, 9.17) is 0 Å². The number of rotatable bonds is 6. The normalized spacial score (nSPS) is 23.9. The lowest BCUT2D eigenvalue weighted by Gasteiger charge is -2.44. The van der Waals surface area contributed by atoms with Crippen LogP contribution in [-0.4, -0.2) is 41.6 Å². The molecule has 2 N–H and O–H groups in total. The quantitative estimate of drug-likeness (QED) is 0.770. The molecule has 1 amide bonds. The Bertz CT molecular complexity index is 585. The fourth-order valence-corrected chi connectivity index (χ4v) is 4.57. The molecule has 25 heavy (non-hydrogen) atoms. The van der Waals surface area contributed by atoms with E-state index < -0.39 is 0 Å². The van der Waals surface area contributed by atoms with Crippen molar-refractivity contribution in [3.63, 3.8) is 0 Å². The summed E-state index contributed by atoms with van der Waals surface area (Å²) in [5.74, 6) is 0.817. The van der Waals surface area contributed by atoms with Gasteiger partial charge >= 0.3 is 0 Å². The lowest BCUT2D eigenvalue weighted by Crippen LogP contribution is -2.47. The third-order valence-electron chi connectivity index (χ3n) is 5.91. The molecule has 0 spiro atoms. The van der Waals surface area contributed by atoms with Crippen molar-refractivity contribution in [2.24, 2.45) is 5.92 Å². The number of benzene rings is 1. The molecule has 1 saturated carbocycles. The van der Waals surface area contributed by atoms with Gasteiger partial charge in [-0.15, -0.1) is 0 Å². The van der Waals surface area contributed by atoms with Crippen LogP contribution in [0.15, 0.2) is 18.2 Å². The van der Waals surface area contributed by atoms with Gasteiger partial charge in [0.1, 0.15) is 5.75 Å². The minimum absolute atomic E-state index is 0.0553. The highest BCUT2D eigenvalue weighted by atomic mass is 16.3. The van der Waals surface area contributed by atoms with E-state index in [0.717, 1.165) is 36.9 Å². The Morgan fingerprint density at radius 3 is 2.88 bits per heavy atom. The molecule has 1 saturated heterocycles. The maximum Gasteiger partial charge on any atom is 0.255 e. The third-order valence-corrected chi connectivity index (χ3v) is 5.91. The monoisotopic (exact) mass is 344 g/mol. The van der Waals surface area contributed by atoms with Gasteiger partial charge in [0.2, 0.25) is 0 Å². The van der Waals surface area contributed by atoms with Gasteiger partial charge in [0.25, 0.3) is 5.91 Å². The highest BCUT2D eigenvalue weighted by molar-refractivity contribution is 5.96. The van der Waals surface area contributed by atoms with Crippen LogP contribution in [0.1, 0.15) is 67.3 Å². The Kier molecular flexibility index (Phi) is 6.35. The number of nitrogens with zero attached hydrogens (tertiary/aromatic N) is 1. The SMILES string of the molecule is Cc1ccc(O)c(C(=O)NCCCCN2CCC[C@@H]3CCCC[C@H]32)c1. The highest BCUT2D eigenvalue weighted by Crippen LogP contribution is 2.35. The second-order valence-corrected chi connectivity index (χ2v) is 7.77. The molecule has 4 nitrogen and oxygen atoms in total. The average molecular weight is 344 g/mol. The maximum atomic E-state index is 12.2. The molecule has 0 unspecified atom stereocenters. The van der Waals surface area contributed by atoms with E-state index in [9.17, 15) is 9.90 Å². The molecule has 0 aromatic heterocycles. The number of carbonyl (C=O) groups excluding carboxylic acids is 1. The summed E-state index contributed by atoms with van der Waals surface area (Å²) in [6.45, 7) is 5.01. The van der Waals surface area contributed by atoms with Crippen molar-refractivity contribution in [2.45, 2.75) is 64.3 Å². The van der Waals surface area contributed by atoms with Crippen LogP contribution in [0.3, 0.4) is 0 Å². The van der Waals surface area contributed by atoms with Crippen molar-refractivity contribution >= 4 is 5.91 Å². The van der Waals surface area contributed by atoms with Gasteiger partial charge in [-0.25, -0.2) is 0 Å². The number of amides is 1. The summed E-state index contributed by atoms with van der Waals surface area (Å²) in [4.78, 5) is 14.9. The van der Waals surface area contributed by atoms with Gasteiger partial charge in [-0.2, -0.15) is 0 Å². The Hall–Kier alpha value is -1.55. The second-order valence-electron chi connectivity index (χ2n) is 7.77. The predicted molar refractivity (Wildman–Crippen MR) is 101 cm³/mol. The molecule has 1 heterocycles. The van der Waals surface area contributed by atoms with Crippen LogP contribution in [0.5, 0.6) is 5.75 Å². The number of hydrogen-bond donors (Lipinski definition) is 2. The summed E-state index contributed by atoms with van der Waals surface area (Å²) >= 11 is 0. The molecule has 0 radical (unpaired) electrons. The van der Waals surface area contributed by atoms with Crippen LogP contribution in [0, 0.1) is 12.8 Å². The van der Waals surface area contributed by atoms with Crippen LogP contribution < -0.4 is 5.32 Å². The number of unbranched alkanes of at least 4 members (excludes halogenated alkanes) is 1. The lowest BCUT2D eigenvalue weighted by atomic mass is 9.78. The van der Waals surface area contributed by atoms with Crippen molar-refractivity contribution in [1.29, 1.82) is 0 Å². The van der Waals surface area contributed by atoms with E-state index in [-0.39, 0.29) is 11.7 Å². The average Bonchev–Trinajstić information content (AvgIpc) is 2.63. The number of fused-ring (bicyclic) bond motifs is 1. The number of phenolic OH excluding ortho intramolecular Hbond substituents is 1. The van der Waals surface area contributed by atoms with Crippen molar-refractivity contribution in [1.82, 2.24) is 10.2 Å². The number of aromatic hydroxyl groups is 1. The standard InChI is InChI=1S/C21H32N2O2/c1-16-10-11-20(24)18(15-16)21(25)22-12-4-5-13-23-14-6-8-17-7-2-3-9-19(17)23/h10-11,15,17,19,24H,2-9,12-14H2,1H3,(H,22,25)/t17-,19+/m0/s1. The van der Waals surface area contributed by atoms with Crippen LogP contribution in [0.4, 0.5) is 0 Å². The zero-order chi connectivity index (χ0) is 17.6. The number of phenols is 1. The van der Waals surface area contributed by atoms with E-state index in [0.29, 0.717) is 12.1 Å². The van der Waals surface area contributed by atoms with Crippen molar-refractivity contribution < 1.29 is 9.90 Å².